The Hall–Kier alpha value is -2.33. The van der Waals surface area contributed by atoms with Gasteiger partial charge in [-0.1, -0.05) is 0 Å². The quantitative estimate of drug-likeness (QED) is 0.702. The Kier molecular flexibility index (Phi) is 5.41. The molecule has 3 heterocycles. The summed E-state index contributed by atoms with van der Waals surface area (Å²) >= 11 is 0. The van der Waals surface area contributed by atoms with Gasteiger partial charge in [0.1, 0.15) is 5.60 Å². The van der Waals surface area contributed by atoms with E-state index in [1.54, 1.807) is 9.80 Å². The number of halogens is 3. The Morgan fingerprint density at radius 3 is 2.32 bits per heavy atom. The minimum Gasteiger partial charge on any atom is -0.444 e. The minimum atomic E-state index is -4.57. The van der Waals surface area contributed by atoms with Crippen LogP contribution in [0.4, 0.5) is 18.0 Å². The summed E-state index contributed by atoms with van der Waals surface area (Å²) in [5, 5.41) is 6.95. The first kappa shape index (κ1) is 21.9. The highest BCUT2D eigenvalue weighted by Gasteiger charge is 2.46. The van der Waals surface area contributed by atoms with Gasteiger partial charge < -0.3 is 19.1 Å². The molecule has 0 unspecified atom stereocenters. The summed E-state index contributed by atoms with van der Waals surface area (Å²) in [6.07, 6.45) is -2.35. The van der Waals surface area contributed by atoms with Crippen molar-refractivity contribution in [2.45, 2.75) is 64.9 Å². The number of likely N-dealkylation sites (tertiary alicyclic amines) is 1. The van der Waals surface area contributed by atoms with Crippen LogP contribution in [0.1, 0.15) is 51.7 Å². The third-order valence-corrected chi connectivity index (χ3v) is 6.17. The summed E-state index contributed by atoms with van der Waals surface area (Å²) in [5.41, 5.74) is -0.585. The molecule has 0 N–H and O–H groups in total. The van der Waals surface area contributed by atoms with E-state index in [-0.39, 0.29) is 49.3 Å². The first-order valence-electron chi connectivity index (χ1n) is 10.7. The van der Waals surface area contributed by atoms with Crippen LogP contribution in [-0.4, -0.2) is 61.8 Å². The van der Waals surface area contributed by atoms with Gasteiger partial charge in [0.05, 0.1) is 6.54 Å². The molecule has 1 saturated carbocycles. The van der Waals surface area contributed by atoms with Crippen molar-refractivity contribution in [1.29, 1.82) is 0 Å². The van der Waals surface area contributed by atoms with E-state index in [0.717, 1.165) is 17.4 Å². The highest BCUT2D eigenvalue weighted by molar-refractivity contribution is 5.80. The second-order valence-electron chi connectivity index (χ2n) is 9.67. The van der Waals surface area contributed by atoms with Gasteiger partial charge in [-0.05, 0) is 51.9 Å². The number of carbonyl (C=O) groups is 2. The predicted octanol–water partition coefficient (Wildman–Crippen LogP) is 2.92. The van der Waals surface area contributed by atoms with Crippen molar-refractivity contribution in [2.75, 3.05) is 19.6 Å². The Balaban J connectivity index is 1.44. The lowest BCUT2D eigenvalue weighted by Crippen LogP contribution is -2.52. The number of amides is 2. The Bertz CT molecular complexity index is 859. The van der Waals surface area contributed by atoms with E-state index in [2.05, 4.69) is 10.2 Å². The molecule has 1 aliphatic carbocycles. The number of carbonyl (C=O) groups excluding carboxylic acids is 2. The lowest BCUT2D eigenvalue weighted by molar-refractivity contribution is -0.148. The van der Waals surface area contributed by atoms with E-state index < -0.39 is 17.6 Å². The summed E-state index contributed by atoms with van der Waals surface area (Å²) in [6, 6.07) is 0. The summed E-state index contributed by atoms with van der Waals surface area (Å²) < 4.78 is 45.7. The number of hydrogen-bond acceptors (Lipinski definition) is 5. The maximum Gasteiger partial charge on any atom is 0.451 e. The molecule has 8 nitrogen and oxygen atoms in total. The molecule has 0 radical (unpaired) electrons. The molecule has 0 aromatic carbocycles. The number of ether oxygens (including phenoxy) is 1. The molecule has 2 atom stereocenters. The standard InChI is InChI=1S/C20H28F3N5O3/c1-19(2,3)31-18(30)27-7-6-13(14(10-27)12-4-5-12)16(29)26-8-9-28-15(11-26)24-25-17(28)20(21,22)23/h12-14H,4-11H2,1-3H3/t13-,14-/m0/s1. The van der Waals surface area contributed by atoms with Crippen LogP contribution in [0.3, 0.4) is 0 Å². The van der Waals surface area contributed by atoms with E-state index in [0.29, 0.717) is 25.4 Å². The zero-order valence-electron chi connectivity index (χ0n) is 18.0. The molecule has 1 saturated heterocycles. The molecule has 2 fully saturated rings. The molecule has 1 aromatic heterocycles. The molecule has 31 heavy (non-hydrogen) atoms. The summed E-state index contributed by atoms with van der Waals surface area (Å²) in [4.78, 5) is 29.1. The van der Waals surface area contributed by atoms with Gasteiger partial charge in [-0.15, -0.1) is 10.2 Å². The number of aromatic nitrogens is 3. The topological polar surface area (TPSA) is 80.6 Å². The van der Waals surface area contributed by atoms with Crippen LogP contribution >= 0.6 is 0 Å². The Labute approximate surface area is 178 Å². The largest absolute Gasteiger partial charge is 0.451 e. The first-order valence-corrected chi connectivity index (χ1v) is 10.7. The average molecular weight is 443 g/mol. The first-order chi connectivity index (χ1) is 14.4. The van der Waals surface area contributed by atoms with Gasteiger partial charge in [-0.2, -0.15) is 13.2 Å². The number of fused-ring (bicyclic) bond motifs is 1. The number of hydrogen-bond donors (Lipinski definition) is 0. The van der Waals surface area contributed by atoms with Crippen LogP contribution in [0.25, 0.3) is 0 Å². The summed E-state index contributed by atoms with van der Waals surface area (Å²) in [5.74, 6) is -0.743. The molecule has 4 rings (SSSR count). The second kappa shape index (κ2) is 7.67. The highest BCUT2D eigenvalue weighted by Crippen LogP contribution is 2.44. The molecule has 0 spiro atoms. The SMILES string of the molecule is CC(C)(C)OC(=O)N1CC[C@H](C(=O)N2CCn3c(nnc3C(F)(F)F)C2)[C@H](C2CC2)C1. The highest BCUT2D eigenvalue weighted by atomic mass is 19.4. The fourth-order valence-electron chi connectivity index (χ4n) is 4.57. The van der Waals surface area contributed by atoms with E-state index in [4.69, 9.17) is 4.74 Å². The predicted molar refractivity (Wildman–Crippen MR) is 103 cm³/mol. The van der Waals surface area contributed by atoms with Crippen LogP contribution in [-0.2, 0) is 28.8 Å². The van der Waals surface area contributed by atoms with Crippen molar-refractivity contribution in [3.05, 3.63) is 11.6 Å². The second-order valence-corrected chi connectivity index (χ2v) is 9.67. The van der Waals surface area contributed by atoms with Crippen molar-refractivity contribution in [1.82, 2.24) is 24.6 Å². The van der Waals surface area contributed by atoms with Gasteiger partial charge in [0.15, 0.2) is 5.82 Å². The van der Waals surface area contributed by atoms with Crippen LogP contribution in [0.2, 0.25) is 0 Å². The Morgan fingerprint density at radius 1 is 1.00 bits per heavy atom. The maximum atomic E-state index is 13.3. The van der Waals surface area contributed by atoms with E-state index in [1.807, 2.05) is 20.8 Å². The van der Waals surface area contributed by atoms with Gasteiger partial charge in [-0.25, -0.2) is 4.79 Å². The lowest BCUT2D eigenvalue weighted by Gasteiger charge is -2.41. The number of rotatable bonds is 2. The fraction of sp³-hybridized carbons (Fsp3) is 0.800. The average Bonchev–Trinajstić information content (AvgIpc) is 3.42. The van der Waals surface area contributed by atoms with Crippen molar-refractivity contribution in [3.63, 3.8) is 0 Å². The van der Waals surface area contributed by atoms with Crippen molar-refractivity contribution in [2.24, 2.45) is 17.8 Å². The van der Waals surface area contributed by atoms with Crippen LogP contribution in [0.15, 0.2) is 0 Å². The Morgan fingerprint density at radius 2 is 1.71 bits per heavy atom. The van der Waals surface area contributed by atoms with Gasteiger partial charge in [0, 0.05) is 32.1 Å². The van der Waals surface area contributed by atoms with Gasteiger partial charge in [0.25, 0.3) is 0 Å². The lowest BCUT2D eigenvalue weighted by atomic mass is 9.81. The molecule has 3 aliphatic rings. The van der Waals surface area contributed by atoms with Crippen LogP contribution in [0.5, 0.6) is 0 Å². The number of alkyl halides is 3. The summed E-state index contributed by atoms with van der Waals surface area (Å²) in [6.45, 7) is 6.58. The summed E-state index contributed by atoms with van der Waals surface area (Å²) in [7, 11) is 0. The van der Waals surface area contributed by atoms with E-state index >= 15 is 0 Å². The van der Waals surface area contributed by atoms with Crippen LogP contribution in [0, 0.1) is 17.8 Å². The van der Waals surface area contributed by atoms with Gasteiger partial charge in [0.2, 0.25) is 11.7 Å². The molecule has 2 amide bonds. The molecule has 1 aromatic rings. The molecule has 2 aliphatic heterocycles. The van der Waals surface area contributed by atoms with E-state index in [1.165, 1.54) is 0 Å². The molecule has 172 valence electrons. The minimum absolute atomic E-state index is 0.0194. The van der Waals surface area contributed by atoms with Gasteiger partial charge in [-0.3, -0.25) is 4.79 Å². The van der Waals surface area contributed by atoms with E-state index in [9.17, 15) is 22.8 Å². The smallest absolute Gasteiger partial charge is 0.444 e. The maximum absolute atomic E-state index is 13.3. The van der Waals surface area contributed by atoms with Crippen molar-refractivity contribution < 1.29 is 27.5 Å². The third kappa shape index (κ3) is 4.64. The number of piperidine rings is 1. The zero-order chi connectivity index (χ0) is 22.6. The molecular formula is C20H28F3N5O3. The van der Waals surface area contributed by atoms with Crippen molar-refractivity contribution >= 4 is 12.0 Å². The third-order valence-electron chi connectivity index (χ3n) is 6.17. The molecule has 0 bridgehead atoms. The molecular weight excluding hydrogens is 415 g/mol. The van der Waals surface area contributed by atoms with Crippen molar-refractivity contribution in [3.8, 4) is 0 Å². The fourth-order valence-corrected chi connectivity index (χ4v) is 4.57. The molecule has 11 heteroatoms. The monoisotopic (exact) mass is 443 g/mol. The normalized spacial score (nSPS) is 24.7. The van der Waals surface area contributed by atoms with Gasteiger partial charge >= 0.3 is 12.3 Å². The number of nitrogens with zero attached hydrogens (tertiary/aromatic N) is 5. The van der Waals surface area contributed by atoms with Crippen LogP contribution < -0.4 is 0 Å². The zero-order valence-corrected chi connectivity index (χ0v) is 18.0.